The number of aryl methyl sites for hydroxylation is 2. The summed E-state index contributed by atoms with van der Waals surface area (Å²) in [5.74, 6) is 2.54. The molecule has 182 valence electrons. The van der Waals surface area contributed by atoms with Crippen molar-refractivity contribution in [2.45, 2.75) is 98.8 Å². The molecule has 0 heterocycles. The molecule has 0 radical (unpaired) electrons. The van der Waals surface area contributed by atoms with Crippen molar-refractivity contribution in [3.8, 4) is 16.9 Å². The first-order valence-electron chi connectivity index (χ1n) is 13.5. The van der Waals surface area contributed by atoms with Gasteiger partial charge in [0.2, 0.25) is 0 Å². The zero-order valence-corrected chi connectivity index (χ0v) is 21.7. The van der Waals surface area contributed by atoms with E-state index in [1.165, 1.54) is 32.1 Å². The molecule has 0 amide bonds. The third-order valence-electron chi connectivity index (χ3n) is 8.55. The molecule has 1 saturated carbocycles. The zero-order valence-electron chi connectivity index (χ0n) is 21.7. The highest BCUT2D eigenvalue weighted by Gasteiger charge is 2.25. The van der Waals surface area contributed by atoms with Crippen molar-refractivity contribution < 1.29 is 9.13 Å². The van der Waals surface area contributed by atoms with Gasteiger partial charge in [-0.2, -0.15) is 0 Å². The lowest BCUT2D eigenvalue weighted by molar-refractivity contribution is 0.127. The van der Waals surface area contributed by atoms with Gasteiger partial charge in [-0.15, -0.1) is 0 Å². The fourth-order valence-corrected chi connectivity index (χ4v) is 5.39. The van der Waals surface area contributed by atoms with Crippen LogP contribution in [0, 0.1) is 23.1 Å². The van der Waals surface area contributed by atoms with Crippen molar-refractivity contribution in [1.29, 1.82) is 0 Å². The predicted octanol–water partition coefficient (Wildman–Crippen LogP) is 9.41. The summed E-state index contributed by atoms with van der Waals surface area (Å²) in [5.41, 5.74) is 4.15. The maximum atomic E-state index is 15.1. The molecule has 0 bridgehead atoms. The third-order valence-corrected chi connectivity index (χ3v) is 8.55. The molecule has 0 aliphatic heterocycles. The molecule has 0 saturated heterocycles. The van der Waals surface area contributed by atoms with E-state index in [0.29, 0.717) is 5.56 Å². The molecule has 0 unspecified atom stereocenters. The smallest absolute Gasteiger partial charge is 0.131 e. The normalized spacial score (nSPS) is 19.0. The summed E-state index contributed by atoms with van der Waals surface area (Å²) < 4.78 is 21.4. The molecule has 3 rings (SSSR count). The zero-order chi connectivity index (χ0) is 23.8. The minimum atomic E-state index is -0.109. The van der Waals surface area contributed by atoms with Crippen molar-refractivity contribution in [2.24, 2.45) is 17.3 Å². The highest BCUT2D eigenvalue weighted by atomic mass is 19.1. The molecular weight excluding hydrogens is 407 g/mol. The molecular formula is C31H45FO. The van der Waals surface area contributed by atoms with Gasteiger partial charge in [-0.1, -0.05) is 78.5 Å². The topological polar surface area (TPSA) is 9.23 Å². The minimum absolute atomic E-state index is 0.109. The third kappa shape index (κ3) is 6.61. The van der Waals surface area contributed by atoms with Gasteiger partial charge in [0.25, 0.3) is 0 Å². The van der Waals surface area contributed by atoms with Gasteiger partial charge in [-0.3, -0.25) is 0 Å². The number of ether oxygens (including phenoxy) is 1. The maximum Gasteiger partial charge on any atom is 0.131 e. The van der Waals surface area contributed by atoms with E-state index in [-0.39, 0.29) is 11.2 Å². The van der Waals surface area contributed by atoms with E-state index in [1.807, 2.05) is 18.2 Å². The first-order valence-corrected chi connectivity index (χ1v) is 13.5. The Hall–Kier alpha value is -1.83. The molecule has 1 aliphatic carbocycles. The van der Waals surface area contributed by atoms with E-state index in [9.17, 15) is 0 Å². The molecule has 0 N–H and O–H groups in total. The Morgan fingerprint density at radius 1 is 0.909 bits per heavy atom. The second-order valence-electron chi connectivity index (χ2n) is 10.5. The van der Waals surface area contributed by atoms with Crippen LogP contribution in [0.1, 0.15) is 97.1 Å². The van der Waals surface area contributed by atoms with Crippen molar-refractivity contribution in [3.05, 3.63) is 53.3 Å². The van der Waals surface area contributed by atoms with Gasteiger partial charge in [0, 0.05) is 11.0 Å². The number of hydrogen-bond donors (Lipinski definition) is 0. The van der Waals surface area contributed by atoms with Crippen molar-refractivity contribution in [2.75, 3.05) is 6.61 Å². The molecule has 1 aliphatic rings. The Labute approximate surface area is 202 Å². The molecule has 0 spiro atoms. The minimum Gasteiger partial charge on any atom is -0.493 e. The fraction of sp³-hybridized carbons (Fsp3) is 0.613. The van der Waals surface area contributed by atoms with Crippen LogP contribution in [0.15, 0.2) is 36.4 Å². The Balaban J connectivity index is 1.68. The second-order valence-corrected chi connectivity index (χ2v) is 10.5. The Bertz CT molecular complexity index is 866. The average molecular weight is 453 g/mol. The Kier molecular flexibility index (Phi) is 9.41. The first-order chi connectivity index (χ1) is 15.9. The van der Waals surface area contributed by atoms with Gasteiger partial charge >= 0.3 is 0 Å². The van der Waals surface area contributed by atoms with Gasteiger partial charge in [0.15, 0.2) is 0 Å². The lowest BCUT2D eigenvalue weighted by Gasteiger charge is -2.30. The number of rotatable bonds is 11. The summed E-state index contributed by atoms with van der Waals surface area (Å²) in [7, 11) is 0. The van der Waals surface area contributed by atoms with Gasteiger partial charge in [0.1, 0.15) is 11.6 Å². The monoisotopic (exact) mass is 452 g/mol. The van der Waals surface area contributed by atoms with E-state index >= 15 is 4.39 Å². The highest BCUT2D eigenvalue weighted by Crippen LogP contribution is 2.35. The Morgan fingerprint density at radius 2 is 1.61 bits per heavy atom. The summed E-state index contributed by atoms with van der Waals surface area (Å²) >= 11 is 0. The van der Waals surface area contributed by atoms with E-state index in [0.717, 1.165) is 73.0 Å². The van der Waals surface area contributed by atoms with Crippen LogP contribution in [0.2, 0.25) is 0 Å². The first kappa shape index (κ1) is 25.8. The van der Waals surface area contributed by atoms with E-state index in [2.05, 4.69) is 46.8 Å². The molecule has 2 aromatic carbocycles. The van der Waals surface area contributed by atoms with Crippen LogP contribution in [0.4, 0.5) is 4.39 Å². The lowest BCUT2D eigenvalue weighted by atomic mass is 9.80. The summed E-state index contributed by atoms with van der Waals surface area (Å²) in [4.78, 5) is 0. The lowest BCUT2D eigenvalue weighted by Crippen LogP contribution is -2.26. The number of hydrogen-bond acceptors (Lipinski definition) is 1. The highest BCUT2D eigenvalue weighted by molar-refractivity contribution is 5.66. The molecule has 2 heteroatoms. The number of halogens is 1. The van der Waals surface area contributed by atoms with Crippen LogP contribution in [0.5, 0.6) is 5.75 Å². The van der Waals surface area contributed by atoms with Gasteiger partial charge < -0.3 is 4.74 Å². The standard InChI is InChI=1S/C31H45FO/c1-6-26-21-27(17-19-30(26)33-22-31(7-2,8-3)9-4)28-18-16-25(20-29(28)32)15-14-24-12-10-23(5)11-13-24/h16-21,23-24H,6-15,22H2,1-5H3. The van der Waals surface area contributed by atoms with Crippen molar-refractivity contribution in [3.63, 3.8) is 0 Å². The Morgan fingerprint density at radius 3 is 2.21 bits per heavy atom. The van der Waals surface area contributed by atoms with Crippen molar-refractivity contribution in [1.82, 2.24) is 0 Å². The van der Waals surface area contributed by atoms with E-state index < -0.39 is 0 Å². The largest absolute Gasteiger partial charge is 0.493 e. The van der Waals surface area contributed by atoms with E-state index in [1.54, 1.807) is 6.07 Å². The number of benzene rings is 2. The molecule has 0 atom stereocenters. The predicted molar refractivity (Wildman–Crippen MR) is 139 cm³/mol. The van der Waals surface area contributed by atoms with Gasteiger partial charge in [-0.25, -0.2) is 4.39 Å². The van der Waals surface area contributed by atoms with Crippen LogP contribution in [-0.4, -0.2) is 6.61 Å². The summed E-state index contributed by atoms with van der Waals surface area (Å²) in [6.45, 7) is 12.0. The molecule has 1 fully saturated rings. The van der Waals surface area contributed by atoms with Crippen LogP contribution in [0.3, 0.4) is 0 Å². The van der Waals surface area contributed by atoms with Gasteiger partial charge in [0.05, 0.1) is 6.61 Å². The molecule has 33 heavy (non-hydrogen) atoms. The van der Waals surface area contributed by atoms with Crippen LogP contribution >= 0.6 is 0 Å². The van der Waals surface area contributed by atoms with Crippen molar-refractivity contribution >= 4 is 0 Å². The second kappa shape index (κ2) is 12.0. The average Bonchev–Trinajstić information content (AvgIpc) is 2.85. The fourth-order valence-electron chi connectivity index (χ4n) is 5.39. The molecule has 0 aromatic heterocycles. The SMILES string of the molecule is CCc1cc(-c2ccc(CCC3CCC(C)CC3)cc2F)ccc1OCC(CC)(CC)CC. The quantitative estimate of drug-likeness (QED) is 0.330. The van der Waals surface area contributed by atoms with Crippen LogP contribution < -0.4 is 4.74 Å². The summed E-state index contributed by atoms with van der Waals surface area (Å²) in [5, 5.41) is 0. The summed E-state index contributed by atoms with van der Waals surface area (Å²) in [6, 6.07) is 12.0. The molecule has 1 nitrogen and oxygen atoms in total. The van der Waals surface area contributed by atoms with Gasteiger partial charge in [-0.05, 0) is 85.3 Å². The van der Waals surface area contributed by atoms with Crippen LogP contribution in [-0.2, 0) is 12.8 Å². The molecule has 2 aromatic rings. The maximum absolute atomic E-state index is 15.1. The van der Waals surface area contributed by atoms with E-state index in [4.69, 9.17) is 4.74 Å². The van der Waals surface area contributed by atoms with Crippen LogP contribution in [0.25, 0.3) is 11.1 Å². The summed E-state index contributed by atoms with van der Waals surface area (Å²) in [6.07, 6.45) is 11.8.